The van der Waals surface area contributed by atoms with Crippen LogP contribution in [0, 0.1) is 4.64 Å². The van der Waals surface area contributed by atoms with Crippen molar-refractivity contribution in [1.29, 1.82) is 0 Å². The van der Waals surface area contributed by atoms with Crippen molar-refractivity contribution in [3.63, 3.8) is 0 Å². The van der Waals surface area contributed by atoms with Crippen LogP contribution >= 0.6 is 23.8 Å². The molecule has 0 aliphatic carbocycles. The Balaban J connectivity index is 1.92. The highest BCUT2D eigenvalue weighted by molar-refractivity contribution is 7.71. The van der Waals surface area contributed by atoms with Gasteiger partial charge in [-0.2, -0.15) is 10.2 Å². The molecule has 0 aliphatic rings. The first-order valence-electron chi connectivity index (χ1n) is 9.10. The second-order valence-corrected chi connectivity index (χ2v) is 7.44. The van der Waals surface area contributed by atoms with E-state index in [1.807, 2.05) is 77.5 Å². The lowest BCUT2D eigenvalue weighted by molar-refractivity contribution is 0.901. The van der Waals surface area contributed by atoms with E-state index in [2.05, 4.69) is 22.3 Å². The van der Waals surface area contributed by atoms with Gasteiger partial charge in [-0.1, -0.05) is 84.5 Å². The number of nitrogens with one attached hydrogen (secondary N) is 1. The lowest BCUT2D eigenvalue weighted by Gasteiger charge is -2.10. The zero-order chi connectivity index (χ0) is 19.8. The second kappa shape index (κ2) is 7.28. The smallest absolute Gasteiger partial charge is 0.148 e. The largest absolute Gasteiger partial charge is 0.265 e. The van der Waals surface area contributed by atoms with Gasteiger partial charge in [0.25, 0.3) is 0 Å². The van der Waals surface area contributed by atoms with Gasteiger partial charge in [-0.15, -0.1) is 0 Å². The van der Waals surface area contributed by atoms with Crippen LogP contribution in [0.5, 0.6) is 0 Å². The van der Waals surface area contributed by atoms with Crippen molar-refractivity contribution in [1.82, 2.24) is 20.0 Å². The summed E-state index contributed by atoms with van der Waals surface area (Å²) in [5, 5.41) is 14.0. The predicted octanol–water partition coefficient (Wildman–Crippen LogP) is 6.47. The Hall–Kier alpha value is -3.28. The van der Waals surface area contributed by atoms with Crippen LogP contribution in [0.15, 0.2) is 84.9 Å². The highest BCUT2D eigenvalue weighted by atomic mass is 35.5. The molecule has 5 aromatic rings. The van der Waals surface area contributed by atoms with Crippen molar-refractivity contribution < 1.29 is 0 Å². The molecule has 6 heteroatoms. The summed E-state index contributed by atoms with van der Waals surface area (Å²) in [7, 11) is 0. The van der Waals surface area contributed by atoms with E-state index in [4.69, 9.17) is 28.9 Å². The first-order chi connectivity index (χ1) is 14.2. The molecule has 1 N–H and O–H groups in total. The van der Waals surface area contributed by atoms with Crippen LogP contribution in [-0.2, 0) is 0 Å². The van der Waals surface area contributed by atoms with Gasteiger partial charge in [0.1, 0.15) is 15.9 Å². The van der Waals surface area contributed by atoms with Crippen LogP contribution in [0.4, 0.5) is 0 Å². The highest BCUT2D eigenvalue weighted by Gasteiger charge is 2.20. The summed E-state index contributed by atoms with van der Waals surface area (Å²) in [5.74, 6) is 0. The molecular formula is C23H15ClN4S. The van der Waals surface area contributed by atoms with Gasteiger partial charge in [-0.05, 0) is 24.3 Å². The Morgan fingerprint density at radius 1 is 0.793 bits per heavy atom. The molecule has 140 valence electrons. The van der Waals surface area contributed by atoms with Crippen LogP contribution in [-0.4, -0.2) is 20.0 Å². The molecule has 29 heavy (non-hydrogen) atoms. The van der Waals surface area contributed by atoms with Crippen LogP contribution < -0.4 is 0 Å². The highest BCUT2D eigenvalue weighted by Crippen LogP contribution is 2.36. The summed E-state index contributed by atoms with van der Waals surface area (Å²) in [5.41, 5.74) is 5.39. The fourth-order valence-electron chi connectivity index (χ4n) is 3.45. The second-order valence-electron chi connectivity index (χ2n) is 6.59. The average Bonchev–Trinajstić information content (AvgIpc) is 3.17. The van der Waals surface area contributed by atoms with E-state index < -0.39 is 0 Å². The van der Waals surface area contributed by atoms with E-state index in [0.29, 0.717) is 15.2 Å². The van der Waals surface area contributed by atoms with Crippen molar-refractivity contribution in [2.24, 2.45) is 0 Å². The number of rotatable bonds is 3. The van der Waals surface area contributed by atoms with Gasteiger partial charge in [0.05, 0.1) is 16.8 Å². The molecule has 2 aromatic heterocycles. The SMILES string of the molecule is S=c1[nH]nc(-c2ccccc2)c2c(-c3ccccc3)n(-c3ccc(Cl)cc3)nc12. The summed E-state index contributed by atoms with van der Waals surface area (Å²) < 4.78 is 2.42. The summed E-state index contributed by atoms with van der Waals surface area (Å²) in [6.07, 6.45) is 0. The van der Waals surface area contributed by atoms with E-state index in [1.54, 1.807) is 0 Å². The van der Waals surface area contributed by atoms with Gasteiger partial charge in [0.15, 0.2) is 0 Å². The maximum Gasteiger partial charge on any atom is 0.148 e. The molecule has 0 spiro atoms. The number of benzene rings is 3. The number of aromatic amines is 1. The van der Waals surface area contributed by atoms with Gasteiger partial charge >= 0.3 is 0 Å². The Morgan fingerprint density at radius 2 is 1.41 bits per heavy atom. The number of hydrogen-bond donors (Lipinski definition) is 1. The summed E-state index contributed by atoms with van der Waals surface area (Å²) in [4.78, 5) is 0. The number of hydrogen-bond acceptors (Lipinski definition) is 3. The third-order valence-corrected chi connectivity index (χ3v) is 5.31. The minimum Gasteiger partial charge on any atom is -0.265 e. The predicted molar refractivity (Wildman–Crippen MR) is 120 cm³/mol. The third kappa shape index (κ3) is 3.14. The number of aromatic nitrogens is 4. The van der Waals surface area contributed by atoms with E-state index in [9.17, 15) is 0 Å². The monoisotopic (exact) mass is 414 g/mol. The van der Waals surface area contributed by atoms with E-state index in [-0.39, 0.29) is 0 Å². The standard InChI is InChI=1S/C23H15ClN4S/c24-17-11-13-18(14-12-17)28-22(16-9-5-2-6-10-16)19-20(15-7-3-1-4-8-15)25-26-23(29)21(19)27-28/h1-14H,(H,26,29). The minimum atomic E-state index is 0.504. The Bertz CT molecular complexity index is 1360. The van der Waals surface area contributed by atoms with Crippen molar-refractivity contribution in [3.05, 3.63) is 94.6 Å². The van der Waals surface area contributed by atoms with Gasteiger partial charge in [0, 0.05) is 16.1 Å². The first-order valence-corrected chi connectivity index (χ1v) is 9.89. The molecule has 0 fully saturated rings. The molecule has 0 saturated carbocycles. The molecule has 2 heterocycles. The van der Waals surface area contributed by atoms with Gasteiger partial charge in [-0.25, -0.2) is 4.68 Å². The maximum atomic E-state index is 6.10. The van der Waals surface area contributed by atoms with Crippen molar-refractivity contribution in [2.45, 2.75) is 0 Å². The quantitative estimate of drug-likeness (QED) is 0.344. The molecule has 4 nitrogen and oxygen atoms in total. The molecule has 0 saturated heterocycles. The molecule has 0 unspecified atom stereocenters. The topological polar surface area (TPSA) is 46.5 Å². The molecule has 0 amide bonds. The van der Waals surface area contributed by atoms with Crippen LogP contribution in [0.1, 0.15) is 0 Å². The van der Waals surface area contributed by atoms with Crippen molar-refractivity contribution in [2.75, 3.05) is 0 Å². The van der Waals surface area contributed by atoms with Crippen LogP contribution in [0.2, 0.25) is 5.02 Å². The zero-order valence-corrected chi connectivity index (χ0v) is 16.8. The van der Waals surface area contributed by atoms with E-state index in [0.717, 1.165) is 33.6 Å². The molecule has 5 rings (SSSR count). The normalized spacial score (nSPS) is 11.1. The molecular weight excluding hydrogens is 400 g/mol. The van der Waals surface area contributed by atoms with Gasteiger partial charge in [0.2, 0.25) is 0 Å². The van der Waals surface area contributed by atoms with Gasteiger partial charge < -0.3 is 0 Å². The van der Waals surface area contributed by atoms with Crippen molar-refractivity contribution in [3.8, 4) is 28.2 Å². The first kappa shape index (κ1) is 17.8. The minimum absolute atomic E-state index is 0.504. The lowest BCUT2D eigenvalue weighted by Crippen LogP contribution is -1.99. The number of nitrogens with zero attached hydrogens (tertiary/aromatic N) is 3. The molecule has 0 aliphatic heterocycles. The average molecular weight is 415 g/mol. The molecule has 3 aromatic carbocycles. The number of halogens is 1. The summed E-state index contributed by atoms with van der Waals surface area (Å²) in [6.45, 7) is 0. The van der Waals surface area contributed by atoms with Crippen LogP contribution in [0.3, 0.4) is 0 Å². The van der Waals surface area contributed by atoms with Crippen LogP contribution in [0.25, 0.3) is 39.1 Å². The Kier molecular flexibility index (Phi) is 4.46. The lowest BCUT2D eigenvalue weighted by atomic mass is 10.0. The zero-order valence-electron chi connectivity index (χ0n) is 15.2. The Morgan fingerprint density at radius 3 is 2.07 bits per heavy atom. The fourth-order valence-corrected chi connectivity index (χ4v) is 3.77. The van der Waals surface area contributed by atoms with E-state index in [1.165, 1.54) is 0 Å². The van der Waals surface area contributed by atoms with Crippen molar-refractivity contribution >= 4 is 34.7 Å². The van der Waals surface area contributed by atoms with Gasteiger partial charge in [-0.3, -0.25) is 5.10 Å². The summed E-state index contributed by atoms with van der Waals surface area (Å²) >= 11 is 11.6. The molecule has 0 atom stereocenters. The van der Waals surface area contributed by atoms with E-state index >= 15 is 0 Å². The number of H-pyrrole nitrogens is 1. The molecule has 0 bridgehead atoms. The fraction of sp³-hybridized carbons (Fsp3) is 0. The maximum absolute atomic E-state index is 6.10. The number of fused-ring (bicyclic) bond motifs is 1. The molecule has 0 radical (unpaired) electrons. The summed E-state index contributed by atoms with van der Waals surface area (Å²) in [6, 6.07) is 27.8. The Labute approximate surface area is 177 Å². The third-order valence-electron chi connectivity index (χ3n) is 4.77.